The summed E-state index contributed by atoms with van der Waals surface area (Å²) in [6, 6.07) is 16.3. The van der Waals surface area contributed by atoms with E-state index in [1.807, 2.05) is 36.8 Å². The van der Waals surface area contributed by atoms with Crippen LogP contribution < -0.4 is 4.74 Å². The zero-order chi connectivity index (χ0) is 15.4. The maximum absolute atomic E-state index is 5.97. The first kappa shape index (κ1) is 14.7. The van der Waals surface area contributed by atoms with Crippen LogP contribution in [0.15, 0.2) is 67.3 Å². The molecule has 0 aliphatic rings. The standard InChI is InChI=1S/C18H17ClN2O/c1-22-17-8-4-15(5-9-17)18(21-11-10-20-13-21)12-14-2-6-16(19)7-3-14/h2-11,13,18H,12H2,1H3/t18-/m0/s1. The fraction of sp³-hybridized carbons (Fsp3) is 0.167. The molecule has 0 aliphatic heterocycles. The molecule has 1 aromatic heterocycles. The molecular weight excluding hydrogens is 296 g/mol. The van der Waals surface area contributed by atoms with Crippen molar-refractivity contribution >= 4 is 11.6 Å². The molecule has 112 valence electrons. The molecule has 4 heteroatoms. The van der Waals surface area contributed by atoms with E-state index in [0.717, 1.165) is 17.2 Å². The summed E-state index contributed by atoms with van der Waals surface area (Å²) in [4.78, 5) is 4.18. The van der Waals surface area contributed by atoms with Gasteiger partial charge in [0.1, 0.15) is 5.75 Å². The number of hydrogen-bond acceptors (Lipinski definition) is 2. The number of rotatable bonds is 5. The number of imidazole rings is 1. The summed E-state index contributed by atoms with van der Waals surface area (Å²) in [5, 5.41) is 0.757. The van der Waals surface area contributed by atoms with Crippen molar-refractivity contribution in [2.24, 2.45) is 0 Å². The molecule has 1 heterocycles. The van der Waals surface area contributed by atoms with Gasteiger partial charge in [0, 0.05) is 17.4 Å². The summed E-state index contributed by atoms with van der Waals surface area (Å²) >= 11 is 5.97. The average molecular weight is 313 g/mol. The van der Waals surface area contributed by atoms with Gasteiger partial charge in [-0.3, -0.25) is 0 Å². The number of aromatic nitrogens is 2. The summed E-state index contributed by atoms with van der Waals surface area (Å²) in [6.07, 6.45) is 6.52. The third-order valence-corrected chi connectivity index (χ3v) is 3.98. The molecule has 2 aromatic carbocycles. The topological polar surface area (TPSA) is 27.1 Å². The van der Waals surface area contributed by atoms with Crippen LogP contribution in [0.2, 0.25) is 5.02 Å². The largest absolute Gasteiger partial charge is 0.497 e. The molecule has 0 N–H and O–H groups in total. The molecule has 22 heavy (non-hydrogen) atoms. The second-order valence-electron chi connectivity index (χ2n) is 5.13. The van der Waals surface area contributed by atoms with Gasteiger partial charge in [-0.2, -0.15) is 0 Å². The van der Waals surface area contributed by atoms with Crippen molar-refractivity contribution < 1.29 is 4.74 Å². The number of nitrogens with zero attached hydrogens (tertiary/aromatic N) is 2. The Morgan fingerprint density at radius 2 is 1.82 bits per heavy atom. The SMILES string of the molecule is COc1ccc([C@H](Cc2ccc(Cl)cc2)n2ccnc2)cc1. The Labute approximate surface area is 135 Å². The summed E-state index contributed by atoms with van der Waals surface area (Å²) < 4.78 is 7.36. The average Bonchev–Trinajstić information content (AvgIpc) is 3.09. The van der Waals surface area contributed by atoms with E-state index in [1.54, 1.807) is 13.3 Å². The van der Waals surface area contributed by atoms with Crippen LogP contribution in [0.1, 0.15) is 17.2 Å². The molecule has 3 rings (SSSR count). The highest BCUT2D eigenvalue weighted by Gasteiger charge is 2.14. The van der Waals surface area contributed by atoms with E-state index in [1.165, 1.54) is 11.1 Å². The Balaban J connectivity index is 1.91. The Bertz CT molecular complexity index is 706. The molecule has 3 nitrogen and oxygen atoms in total. The molecule has 0 aliphatic carbocycles. The highest BCUT2D eigenvalue weighted by Crippen LogP contribution is 2.25. The Morgan fingerprint density at radius 1 is 1.09 bits per heavy atom. The third-order valence-electron chi connectivity index (χ3n) is 3.73. The van der Waals surface area contributed by atoms with Gasteiger partial charge in [-0.05, 0) is 41.8 Å². The van der Waals surface area contributed by atoms with Crippen molar-refractivity contribution in [2.75, 3.05) is 7.11 Å². The van der Waals surface area contributed by atoms with Crippen LogP contribution in [0.25, 0.3) is 0 Å². The lowest BCUT2D eigenvalue weighted by Crippen LogP contribution is -2.12. The molecule has 0 amide bonds. The summed E-state index contributed by atoms with van der Waals surface area (Å²) in [6.45, 7) is 0. The third kappa shape index (κ3) is 3.31. The first-order valence-corrected chi connectivity index (χ1v) is 7.50. The van der Waals surface area contributed by atoms with Crippen LogP contribution >= 0.6 is 11.6 Å². The Morgan fingerprint density at radius 3 is 2.41 bits per heavy atom. The van der Waals surface area contributed by atoms with Crippen LogP contribution in [0.5, 0.6) is 5.75 Å². The minimum Gasteiger partial charge on any atom is -0.497 e. The summed E-state index contributed by atoms with van der Waals surface area (Å²) in [5.41, 5.74) is 2.45. The van der Waals surface area contributed by atoms with Crippen molar-refractivity contribution in [1.29, 1.82) is 0 Å². The quantitative estimate of drug-likeness (QED) is 0.699. The molecule has 1 atom stereocenters. The molecule has 3 aromatic rings. The van der Waals surface area contributed by atoms with Gasteiger partial charge in [-0.1, -0.05) is 35.9 Å². The molecule has 0 bridgehead atoms. The van der Waals surface area contributed by atoms with Gasteiger partial charge in [-0.15, -0.1) is 0 Å². The molecule has 0 radical (unpaired) electrons. The molecule has 0 saturated carbocycles. The highest BCUT2D eigenvalue weighted by molar-refractivity contribution is 6.30. The van der Waals surface area contributed by atoms with E-state index in [0.29, 0.717) is 0 Å². The van der Waals surface area contributed by atoms with Crippen molar-refractivity contribution in [1.82, 2.24) is 9.55 Å². The first-order valence-electron chi connectivity index (χ1n) is 7.12. The van der Waals surface area contributed by atoms with Crippen LogP contribution in [-0.2, 0) is 6.42 Å². The molecule has 0 saturated heterocycles. The summed E-state index contributed by atoms with van der Waals surface area (Å²) in [7, 11) is 1.68. The van der Waals surface area contributed by atoms with E-state index < -0.39 is 0 Å². The first-order chi connectivity index (χ1) is 10.8. The maximum Gasteiger partial charge on any atom is 0.118 e. The number of hydrogen-bond donors (Lipinski definition) is 0. The van der Waals surface area contributed by atoms with E-state index in [4.69, 9.17) is 16.3 Å². The van der Waals surface area contributed by atoms with Gasteiger partial charge in [0.15, 0.2) is 0 Å². The summed E-state index contributed by atoms with van der Waals surface area (Å²) in [5.74, 6) is 0.861. The van der Waals surface area contributed by atoms with Crippen molar-refractivity contribution in [3.63, 3.8) is 0 Å². The highest BCUT2D eigenvalue weighted by atomic mass is 35.5. The van der Waals surface area contributed by atoms with Gasteiger partial charge < -0.3 is 9.30 Å². The second kappa shape index (κ2) is 6.67. The zero-order valence-electron chi connectivity index (χ0n) is 12.3. The van der Waals surface area contributed by atoms with Gasteiger partial charge >= 0.3 is 0 Å². The smallest absolute Gasteiger partial charge is 0.118 e. The Kier molecular flexibility index (Phi) is 4.45. The lowest BCUT2D eigenvalue weighted by atomic mass is 9.98. The van der Waals surface area contributed by atoms with E-state index >= 15 is 0 Å². The van der Waals surface area contributed by atoms with Gasteiger partial charge in [0.05, 0.1) is 19.5 Å². The van der Waals surface area contributed by atoms with E-state index in [9.17, 15) is 0 Å². The van der Waals surface area contributed by atoms with Gasteiger partial charge in [0.25, 0.3) is 0 Å². The van der Waals surface area contributed by atoms with Crippen LogP contribution in [0.3, 0.4) is 0 Å². The number of halogens is 1. The fourth-order valence-electron chi connectivity index (χ4n) is 2.52. The molecule has 0 fully saturated rings. The van der Waals surface area contributed by atoms with Gasteiger partial charge in [-0.25, -0.2) is 4.98 Å². The minimum atomic E-state index is 0.189. The normalized spacial score (nSPS) is 12.1. The fourth-order valence-corrected chi connectivity index (χ4v) is 2.64. The molecule has 0 unspecified atom stereocenters. The molecular formula is C18H17ClN2O. The van der Waals surface area contributed by atoms with Crippen LogP contribution in [0, 0.1) is 0 Å². The predicted octanol–water partition coefficient (Wildman–Crippen LogP) is 4.38. The van der Waals surface area contributed by atoms with Crippen molar-refractivity contribution in [3.05, 3.63) is 83.4 Å². The zero-order valence-corrected chi connectivity index (χ0v) is 13.1. The number of methoxy groups -OCH3 is 1. The number of ether oxygens (including phenoxy) is 1. The van der Waals surface area contributed by atoms with E-state index in [2.05, 4.69) is 33.8 Å². The lowest BCUT2D eigenvalue weighted by molar-refractivity contribution is 0.414. The minimum absolute atomic E-state index is 0.189. The van der Waals surface area contributed by atoms with Crippen LogP contribution in [0.4, 0.5) is 0 Å². The lowest BCUT2D eigenvalue weighted by Gasteiger charge is -2.19. The predicted molar refractivity (Wildman–Crippen MR) is 88.5 cm³/mol. The second-order valence-corrected chi connectivity index (χ2v) is 5.57. The van der Waals surface area contributed by atoms with E-state index in [-0.39, 0.29) is 6.04 Å². The monoisotopic (exact) mass is 312 g/mol. The van der Waals surface area contributed by atoms with Crippen molar-refractivity contribution in [2.45, 2.75) is 12.5 Å². The van der Waals surface area contributed by atoms with Gasteiger partial charge in [0.2, 0.25) is 0 Å². The molecule has 0 spiro atoms. The Hall–Kier alpha value is -2.26. The maximum atomic E-state index is 5.97. The van der Waals surface area contributed by atoms with Crippen molar-refractivity contribution in [3.8, 4) is 5.75 Å². The van der Waals surface area contributed by atoms with Crippen LogP contribution in [-0.4, -0.2) is 16.7 Å². The number of benzene rings is 2.